The lowest BCUT2D eigenvalue weighted by Gasteiger charge is -2.08. The number of hydrogen-bond donors (Lipinski definition) is 1. The minimum Gasteiger partial charge on any atom is -0.478 e. The molecule has 98 valence electrons. The molecule has 0 fully saturated rings. The van der Waals surface area contributed by atoms with Gasteiger partial charge in [-0.1, -0.05) is 23.2 Å². The molecule has 2 aromatic rings. The minimum absolute atomic E-state index is 0.0642. The molecule has 0 bridgehead atoms. The Kier molecular flexibility index (Phi) is 3.87. The maximum Gasteiger partial charge on any atom is 0.339 e. The van der Waals surface area contributed by atoms with Crippen molar-refractivity contribution in [2.24, 2.45) is 0 Å². The molecule has 0 aliphatic carbocycles. The molecule has 1 aromatic carbocycles. The largest absolute Gasteiger partial charge is 0.478 e. The average molecular weight is 302 g/mol. The van der Waals surface area contributed by atoms with E-state index in [2.05, 4.69) is 4.98 Å². The fourth-order valence-corrected chi connectivity index (χ4v) is 1.66. The molecule has 0 atom stereocenters. The summed E-state index contributed by atoms with van der Waals surface area (Å²) in [6.45, 7) is 0. The number of carbonyl (C=O) groups is 1. The number of aromatic carboxylic acids is 1. The number of carboxylic acid groups (broad SMARTS) is 1. The highest BCUT2D eigenvalue weighted by Gasteiger charge is 2.15. The molecule has 1 N–H and O–H groups in total. The zero-order chi connectivity index (χ0) is 14.0. The van der Waals surface area contributed by atoms with Gasteiger partial charge in [0.05, 0.1) is 5.02 Å². The number of nitrogens with zero attached hydrogens (tertiary/aromatic N) is 1. The fourth-order valence-electron chi connectivity index (χ4n) is 1.34. The Morgan fingerprint density at radius 2 is 2.00 bits per heavy atom. The van der Waals surface area contributed by atoms with Crippen molar-refractivity contribution in [2.75, 3.05) is 0 Å². The number of aromatic nitrogens is 1. The van der Waals surface area contributed by atoms with Crippen LogP contribution in [-0.2, 0) is 0 Å². The summed E-state index contributed by atoms with van der Waals surface area (Å²) >= 11 is 11.2. The molecule has 0 saturated carbocycles. The molecule has 0 spiro atoms. The normalized spacial score (nSPS) is 10.3. The monoisotopic (exact) mass is 301 g/mol. The zero-order valence-corrected chi connectivity index (χ0v) is 10.7. The van der Waals surface area contributed by atoms with Gasteiger partial charge in [-0.3, -0.25) is 0 Å². The third-order valence-corrected chi connectivity index (χ3v) is 2.59. The van der Waals surface area contributed by atoms with Crippen molar-refractivity contribution in [1.82, 2.24) is 4.98 Å². The molecule has 0 aliphatic rings. The highest BCUT2D eigenvalue weighted by atomic mass is 35.5. The summed E-state index contributed by atoms with van der Waals surface area (Å²) < 4.78 is 18.6. The second-order valence-electron chi connectivity index (χ2n) is 3.49. The van der Waals surface area contributed by atoms with E-state index in [0.29, 0.717) is 0 Å². The molecular formula is C12H6Cl2FNO3. The molecule has 7 heteroatoms. The zero-order valence-electron chi connectivity index (χ0n) is 9.23. The predicted octanol–water partition coefficient (Wildman–Crippen LogP) is 4.02. The van der Waals surface area contributed by atoms with Crippen molar-refractivity contribution < 1.29 is 19.0 Å². The number of benzene rings is 1. The van der Waals surface area contributed by atoms with Gasteiger partial charge in [0.2, 0.25) is 0 Å². The van der Waals surface area contributed by atoms with Crippen LogP contribution in [-0.4, -0.2) is 16.1 Å². The van der Waals surface area contributed by atoms with Crippen LogP contribution >= 0.6 is 23.2 Å². The van der Waals surface area contributed by atoms with Crippen LogP contribution in [0, 0.1) is 5.82 Å². The second kappa shape index (κ2) is 5.42. The van der Waals surface area contributed by atoms with Gasteiger partial charge in [-0.25, -0.2) is 14.2 Å². The van der Waals surface area contributed by atoms with Crippen molar-refractivity contribution in [1.29, 1.82) is 0 Å². The first-order valence-corrected chi connectivity index (χ1v) is 5.74. The number of rotatable bonds is 3. The van der Waals surface area contributed by atoms with Crippen LogP contribution in [0.15, 0.2) is 30.5 Å². The molecular weight excluding hydrogens is 296 g/mol. The Labute approximate surface area is 117 Å². The first kappa shape index (κ1) is 13.6. The van der Waals surface area contributed by atoms with Gasteiger partial charge < -0.3 is 9.84 Å². The van der Waals surface area contributed by atoms with Gasteiger partial charge in [0, 0.05) is 11.2 Å². The van der Waals surface area contributed by atoms with Crippen LogP contribution in [0.3, 0.4) is 0 Å². The summed E-state index contributed by atoms with van der Waals surface area (Å²) in [5.41, 5.74) is -0.191. The topological polar surface area (TPSA) is 59.4 Å². The van der Waals surface area contributed by atoms with Gasteiger partial charge in [-0.05, 0) is 24.3 Å². The Morgan fingerprint density at radius 1 is 1.26 bits per heavy atom. The summed E-state index contributed by atoms with van der Waals surface area (Å²) in [6.07, 6.45) is 1.19. The highest BCUT2D eigenvalue weighted by Crippen LogP contribution is 2.29. The minimum atomic E-state index is -1.24. The van der Waals surface area contributed by atoms with Gasteiger partial charge >= 0.3 is 5.97 Å². The van der Waals surface area contributed by atoms with Crippen LogP contribution in [0.5, 0.6) is 11.6 Å². The summed E-state index contributed by atoms with van der Waals surface area (Å²) in [5.74, 6) is -2.47. The van der Waals surface area contributed by atoms with Gasteiger partial charge in [0.1, 0.15) is 11.3 Å². The number of halogens is 3. The van der Waals surface area contributed by atoms with E-state index in [1.165, 1.54) is 24.4 Å². The van der Waals surface area contributed by atoms with E-state index < -0.39 is 11.8 Å². The summed E-state index contributed by atoms with van der Waals surface area (Å²) in [6, 6.07) is 4.96. The molecule has 0 unspecified atom stereocenters. The Balaban J connectivity index is 2.40. The molecule has 0 saturated heterocycles. The second-order valence-corrected chi connectivity index (χ2v) is 4.36. The highest BCUT2D eigenvalue weighted by molar-refractivity contribution is 6.31. The summed E-state index contributed by atoms with van der Waals surface area (Å²) in [5, 5.41) is 9.35. The molecule has 4 nitrogen and oxygen atoms in total. The van der Waals surface area contributed by atoms with E-state index in [-0.39, 0.29) is 27.2 Å². The lowest BCUT2D eigenvalue weighted by atomic mass is 10.2. The Hall–Kier alpha value is -1.85. The number of hydrogen-bond acceptors (Lipinski definition) is 3. The number of ether oxygens (including phenoxy) is 1. The third-order valence-electron chi connectivity index (χ3n) is 2.15. The van der Waals surface area contributed by atoms with Crippen molar-refractivity contribution in [3.63, 3.8) is 0 Å². The van der Waals surface area contributed by atoms with E-state index in [0.717, 1.165) is 6.07 Å². The number of carboxylic acids is 1. The predicted molar refractivity (Wildman–Crippen MR) is 67.7 cm³/mol. The molecule has 0 aliphatic heterocycles. The maximum absolute atomic E-state index is 13.5. The smallest absolute Gasteiger partial charge is 0.339 e. The van der Waals surface area contributed by atoms with Gasteiger partial charge in [-0.2, -0.15) is 0 Å². The van der Waals surface area contributed by atoms with E-state index in [1.807, 2.05) is 0 Å². The Morgan fingerprint density at radius 3 is 2.63 bits per heavy atom. The van der Waals surface area contributed by atoms with Gasteiger partial charge in [-0.15, -0.1) is 0 Å². The van der Waals surface area contributed by atoms with E-state index in [1.54, 1.807) is 0 Å². The van der Waals surface area contributed by atoms with Crippen LogP contribution in [0.1, 0.15) is 10.4 Å². The SMILES string of the molecule is O=C(O)c1cc(Cl)ccc1Oc1ncc(Cl)cc1F. The molecule has 0 amide bonds. The quantitative estimate of drug-likeness (QED) is 0.930. The average Bonchev–Trinajstić information content (AvgIpc) is 2.34. The summed E-state index contributed by atoms with van der Waals surface area (Å²) in [7, 11) is 0. The third kappa shape index (κ3) is 3.13. The van der Waals surface area contributed by atoms with E-state index >= 15 is 0 Å². The lowest BCUT2D eigenvalue weighted by Crippen LogP contribution is -2.01. The number of pyridine rings is 1. The first-order valence-electron chi connectivity index (χ1n) is 4.99. The Bertz CT molecular complexity index is 649. The lowest BCUT2D eigenvalue weighted by molar-refractivity contribution is 0.0694. The molecule has 1 aromatic heterocycles. The van der Waals surface area contributed by atoms with Crippen molar-refractivity contribution in [3.05, 3.63) is 51.9 Å². The fraction of sp³-hybridized carbons (Fsp3) is 0. The summed E-state index contributed by atoms with van der Waals surface area (Å²) in [4.78, 5) is 14.7. The van der Waals surface area contributed by atoms with Crippen molar-refractivity contribution in [3.8, 4) is 11.6 Å². The van der Waals surface area contributed by atoms with Crippen LogP contribution in [0.25, 0.3) is 0 Å². The van der Waals surface area contributed by atoms with Crippen LogP contribution in [0.4, 0.5) is 4.39 Å². The van der Waals surface area contributed by atoms with E-state index in [4.69, 9.17) is 33.0 Å². The van der Waals surface area contributed by atoms with Gasteiger partial charge in [0.25, 0.3) is 5.88 Å². The molecule has 19 heavy (non-hydrogen) atoms. The standard InChI is InChI=1S/C12H6Cl2FNO3/c13-6-1-2-10(8(3-6)12(17)18)19-11-9(15)4-7(14)5-16-11/h1-5H,(H,17,18). The maximum atomic E-state index is 13.5. The van der Waals surface area contributed by atoms with Gasteiger partial charge in [0.15, 0.2) is 5.82 Å². The van der Waals surface area contributed by atoms with Crippen molar-refractivity contribution in [2.45, 2.75) is 0 Å². The van der Waals surface area contributed by atoms with Crippen LogP contribution in [0.2, 0.25) is 10.0 Å². The molecule has 1 heterocycles. The van der Waals surface area contributed by atoms with Crippen molar-refractivity contribution >= 4 is 29.2 Å². The molecule has 2 rings (SSSR count). The first-order chi connectivity index (χ1) is 8.97. The van der Waals surface area contributed by atoms with E-state index in [9.17, 15) is 9.18 Å². The van der Waals surface area contributed by atoms with Crippen LogP contribution < -0.4 is 4.74 Å². The molecule has 0 radical (unpaired) electrons.